The number of benzene rings is 2. The molecule has 0 bridgehead atoms. The lowest BCUT2D eigenvalue weighted by atomic mass is 9.91. The van der Waals surface area contributed by atoms with E-state index in [2.05, 4.69) is 0 Å². The maximum absolute atomic E-state index is 10.4. The first kappa shape index (κ1) is 21.9. The fourth-order valence-corrected chi connectivity index (χ4v) is 3.51. The normalized spacial score (nSPS) is 23.6. The van der Waals surface area contributed by atoms with Gasteiger partial charge < -0.3 is 29.5 Å². The van der Waals surface area contributed by atoms with Crippen LogP contribution in [0.3, 0.4) is 0 Å². The predicted octanol–water partition coefficient (Wildman–Crippen LogP) is 2.25. The second-order valence-corrected chi connectivity index (χ2v) is 7.18. The van der Waals surface area contributed by atoms with Crippen LogP contribution in [-0.4, -0.2) is 59.1 Å². The molecule has 0 saturated carbocycles. The van der Waals surface area contributed by atoms with Crippen LogP contribution < -0.4 is 4.74 Å². The van der Waals surface area contributed by atoms with E-state index >= 15 is 0 Å². The van der Waals surface area contributed by atoms with Crippen LogP contribution in [0.2, 0.25) is 0 Å². The molecule has 8 nitrogen and oxygen atoms in total. The minimum Gasteiger partial charge on any atom is -0.496 e. The molecular formula is C22H26N2O6. The van der Waals surface area contributed by atoms with Gasteiger partial charge in [-0.25, -0.2) is 0 Å². The Morgan fingerprint density at radius 1 is 1.13 bits per heavy atom. The SMILES string of the molecule is COc1cc(-c2cccc([C@H]3OC(CO)CC(O)C3O)c2)ccc1C(=N)OC(C)=N. The molecule has 8 heteroatoms. The Labute approximate surface area is 174 Å². The molecular weight excluding hydrogens is 388 g/mol. The predicted molar refractivity (Wildman–Crippen MR) is 111 cm³/mol. The number of aliphatic hydroxyl groups is 3. The summed E-state index contributed by atoms with van der Waals surface area (Å²) in [5.74, 6) is 0.157. The van der Waals surface area contributed by atoms with E-state index in [1.54, 1.807) is 24.3 Å². The maximum Gasteiger partial charge on any atom is 0.224 e. The summed E-state index contributed by atoms with van der Waals surface area (Å²) >= 11 is 0. The minimum atomic E-state index is -1.10. The second-order valence-electron chi connectivity index (χ2n) is 7.18. The Morgan fingerprint density at radius 3 is 2.53 bits per heavy atom. The van der Waals surface area contributed by atoms with Gasteiger partial charge in [-0.3, -0.25) is 10.8 Å². The Hall–Kier alpha value is -2.78. The van der Waals surface area contributed by atoms with Crippen molar-refractivity contribution in [2.75, 3.05) is 13.7 Å². The topological polar surface area (TPSA) is 136 Å². The third kappa shape index (κ3) is 4.68. The Kier molecular flexibility index (Phi) is 6.84. The molecule has 30 heavy (non-hydrogen) atoms. The molecule has 1 heterocycles. The molecule has 0 amide bonds. The first-order valence-corrected chi connectivity index (χ1v) is 9.56. The van der Waals surface area contributed by atoms with E-state index < -0.39 is 24.4 Å². The highest BCUT2D eigenvalue weighted by Gasteiger charge is 2.37. The van der Waals surface area contributed by atoms with Crippen LogP contribution in [0.4, 0.5) is 0 Å². The molecule has 5 N–H and O–H groups in total. The van der Waals surface area contributed by atoms with Gasteiger partial charge in [0.05, 0.1) is 31.5 Å². The summed E-state index contributed by atoms with van der Waals surface area (Å²) in [5.41, 5.74) is 2.73. The van der Waals surface area contributed by atoms with Crippen molar-refractivity contribution in [1.29, 1.82) is 10.8 Å². The highest BCUT2D eigenvalue weighted by molar-refractivity contribution is 6.01. The summed E-state index contributed by atoms with van der Waals surface area (Å²) in [7, 11) is 1.49. The zero-order valence-corrected chi connectivity index (χ0v) is 16.8. The Bertz CT molecular complexity index is 932. The summed E-state index contributed by atoms with van der Waals surface area (Å²) in [6.07, 6.45) is -3.20. The van der Waals surface area contributed by atoms with Gasteiger partial charge in [-0.2, -0.15) is 0 Å². The lowest BCUT2D eigenvalue weighted by molar-refractivity contribution is -0.179. The van der Waals surface area contributed by atoms with Crippen LogP contribution in [0.1, 0.15) is 30.6 Å². The fourth-order valence-electron chi connectivity index (χ4n) is 3.51. The van der Waals surface area contributed by atoms with Gasteiger partial charge in [0.25, 0.3) is 0 Å². The number of ether oxygens (including phenoxy) is 3. The van der Waals surface area contributed by atoms with E-state index in [9.17, 15) is 15.3 Å². The molecule has 3 rings (SSSR count). The lowest BCUT2D eigenvalue weighted by Crippen LogP contribution is -2.44. The van der Waals surface area contributed by atoms with Crippen LogP contribution in [0.15, 0.2) is 42.5 Å². The minimum absolute atomic E-state index is 0.0896. The van der Waals surface area contributed by atoms with Gasteiger partial charge in [-0.05, 0) is 34.9 Å². The molecule has 1 aliphatic rings. The van der Waals surface area contributed by atoms with Crippen molar-refractivity contribution in [2.24, 2.45) is 0 Å². The van der Waals surface area contributed by atoms with Crippen molar-refractivity contribution in [1.82, 2.24) is 0 Å². The highest BCUT2D eigenvalue weighted by Crippen LogP contribution is 2.35. The van der Waals surface area contributed by atoms with E-state index in [1.807, 2.05) is 18.2 Å². The summed E-state index contributed by atoms with van der Waals surface area (Å²) in [4.78, 5) is 0. The molecule has 0 aromatic heterocycles. The monoisotopic (exact) mass is 414 g/mol. The van der Waals surface area contributed by atoms with Gasteiger partial charge in [0, 0.05) is 13.3 Å². The molecule has 0 aliphatic carbocycles. The molecule has 1 fully saturated rings. The Balaban J connectivity index is 1.92. The van der Waals surface area contributed by atoms with Crippen molar-refractivity contribution in [3.8, 4) is 16.9 Å². The molecule has 0 radical (unpaired) electrons. The number of methoxy groups -OCH3 is 1. The van der Waals surface area contributed by atoms with Gasteiger partial charge >= 0.3 is 0 Å². The van der Waals surface area contributed by atoms with Crippen molar-refractivity contribution in [2.45, 2.75) is 37.8 Å². The average Bonchev–Trinajstić information content (AvgIpc) is 2.74. The number of nitrogens with one attached hydrogen (secondary N) is 2. The number of aliphatic hydroxyl groups excluding tert-OH is 3. The van der Waals surface area contributed by atoms with Crippen LogP contribution >= 0.6 is 0 Å². The maximum atomic E-state index is 10.4. The standard InChI is InChI=1S/C22H26N2O6/c1-12(23)29-22(24)17-7-6-14(9-19(17)28-2)13-4-3-5-15(8-13)21-20(27)18(26)10-16(11-25)30-21/h3-9,16,18,20-21,23-27H,10-11H2,1-2H3/t16?,18?,20?,21-/m1/s1. The van der Waals surface area contributed by atoms with Gasteiger partial charge in [0.2, 0.25) is 5.90 Å². The average molecular weight is 414 g/mol. The van der Waals surface area contributed by atoms with Crippen molar-refractivity contribution >= 4 is 11.8 Å². The van der Waals surface area contributed by atoms with E-state index in [-0.39, 0.29) is 24.8 Å². The van der Waals surface area contributed by atoms with Gasteiger partial charge in [0.1, 0.15) is 18.0 Å². The highest BCUT2D eigenvalue weighted by atomic mass is 16.5. The van der Waals surface area contributed by atoms with Crippen molar-refractivity contribution in [3.05, 3.63) is 53.6 Å². The summed E-state index contributed by atoms with van der Waals surface area (Å²) < 4.78 is 16.2. The van der Waals surface area contributed by atoms with Gasteiger partial charge in [-0.15, -0.1) is 0 Å². The third-order valence-corrected chi connectivity index (χ3v) is 5.00. The molecule has 2 aromatic rings. The van der Waals surface area contributed by atoms with Crippen molar-refractivity contribution in [3.63, 3.8) is 0 Å². The fraction of sp³-hybridized carbons (Fsp3) is 0.364. The molecule has 1 aliphatic heterocycles. The zero-order chi connectivity index (χ0) is 21.8. The third-order valence-electron chi connectivity index (χ3n) is 5.00. The summed E-state index contributed by atoms with van der Waals surface area (Å²) in [6, 6.07) is 12.6. The van der Waals surface area contributed by atoms with Crippen LogP contribution in [0, 0.1) is 10.8 Å². The molecule has 4 atom stereocenters. The van der Waals surface area contributed by atoms with E-state index in [4.69, 9.17) is 25.0 Å². The first-order chi connectivity index (χ1) is 14.3. The largest absolute Gasteiger partial charge is 0.496 e. The van der Waals surface area contributed by atoms with Crippen molar-refractivity contribution < 1.29 is 29.5 Å². The molecule has 160 valence electrons. The molecule has 2 aromatic carbocycles. The second kappa shape index (κ2) is 9.36. The first-order valence-electron chi connectivity index (χ1n) is 9.56. The lowest BCUT2D eigenvalue weighted by Gasteiger charge is -2.37. The quantitative estimate of drug-likeness (QED) is 0.376. The molecule has 3 unspecified atom stereocenters. The van der Waals surface area contributed by atoms with Crippen LogP contribution in [0.5, 0.6) is 5.75 Å². The van der Waals surface area contributed by atoms with Crippen LogP contribution in [0.25, 0.3) is 11.1 Å². The van der Waals surface area contributed by atoms with Crippen LogP contribution in [-0.2, 0) is 9.47 Å². The molecule has 0 spiro atoms. The number of hydrogen-bond acceptors (Lipinski definition) is 8. The van der Waals surface area contributed by atoms with E-state index in [1.165, 1.54) is 14.0 Å². The summed E-state index contributed by atoms with van der Waals surface area (Å²) in [6.45, 7) is 1.21. The number of rotatable bonds is 5. The number of hydrogen-bond donors (Lipinski definition) is 5. The van der Waals surface area contributed by atoms with Gasteiger partial charge in [0.15, 0.2) is 5.90 Å². The summed E-state index contributed by atoms with van der Waals surface area (Å²) in [5, 5.41) is 45.3. The van der Waals surface area contributed by atoms with Gasteiger partial charge in [-0.1, -0.05) is 24.3 Å². The Morgan fingerprint density at radius 2 is 1.87 bits per heavy atom. The smallest absolute Gasteiger partial charge is 0.224 e. The van der Waals surface area contributed by atoms with E-state index in [0.29, 0.717) is 16.9 Å². The zero-order valence-electron chi connectivity index (χ0n) is 16.8. The van der Waals surface area contributed by atoms with E-state index in [0.717, 1.165) is 11.1 Å². The molecule has 1 saturated heterocycles.